The molecule has 1 N–H and O–H groups in total. The smallest absolute Gasteiger partial charge is 0.232 e. The molecule has 1 fully saturated rings. The van der Waals surface area contributed by atoms with E-state index >= 15 is 0 Å². The van der Waals surface area contributed by atoms with E-state index in [9.17, 15) is 0 Å². The summed E-state index contributed by atoms with van der Waals surface area (Å²) >= 11 is 0. The van der Waals surface area contributed by atoms with Gasteiger partial charge in [0.1, 0.15) is 6.10 Å². The van der Waals surface area contributed by atoms with Crippen LogP contribution in [-0.2, 0) is 5.41 Å². The van der Waals surface area contributed by atoms with Crippen molar-refractivity contribution >= 4 is 0 Å². The number of nitrogens with zero attached hydrogens (tertiary/aromatic N) is 2. The highest BCUT2D eigenvalue weighted by Gasteiger charge is 2.19. The molecule has 17 heavy (non-hydrogen) atoms. The lowest BCUT2D eigenvalue weighted by Crippen LogP contribution is -2.34. The van der Waals surface area contributed by atoms with Crippen molar-refractivity contribution in [2.75, 3.05) is 13.1 Å². The highest BCUT2D eigenvalue weighted by atomic mass is 16.5. The second-order valence-electron chi connectivity index (χ2n) is 5.56. The molecule has 1 aliphatic heterocycles. The predicted molar refractivity (Wildman–Crippen MR) is 67.3 cm³/mol. The van der Waals surface area contributed by atoms with Crippen LogP contribution in [0.3, 0.4) is 0 Å². The van der Waals surface area contributed by atoms with E-state index in [2.05, 4.69) is 36.1 Å². The molecule has 1 aromatic rings. The molecular weight excluding hydrogens is 214 g/mol. The monoisotopic (exact) mass is 235 g/mol. The highest BCUT2D eigenvalue weighted by Crippen LogP contribution is 2.22. The molecule has 4 nitrogen and oxygen atoms in total. The Morgan fingerprint density at radius 2 is 1.94 bits per heavy atom. The molecule has 0 bridgehead atoms. The standard InChI is InChI=1S/C13H21N3O/c1-13(2,3)11-8-15-9-12(16-11)17-10-4-6-14-7-5-10/h8-10,14H,4-7H2,1-3H3. The summed E-state index contributed by atoms with van der Waals surface area (Å²) in [7, 11) is 0. The van der Waals surface area contributed by atoms with Gasteiger partial charge in [0.15, 0.2) is 0 Å². The van der Waals surface area contributed by atoms with E-state index in [0.717, 1.165) is 31.6 Å². The molecule has 0 amide bonds. The second-order valence-corrected chi connectivity index (χ2v) is 5.56. The number of nitrogens with one attached hydrogen (secondary N) is 1. The number of aromatic nitrogens is 2. The number of hydrogen-bond donors (Lipinski definition) is 1. The molecule has 0 spiro atoms. The van der Waals surface area contributed by atoms with E-state index in [4.69, 9.17) is 4.74 Å². The number of rotatable bonds is 2. The molecule has 0 aliphatic carbocycles. The molecule has 2 rings (SSSR count). The minimum absolute atomic E-state index is 0.0144. The largest absolute Gasteiger partial charge is 0.473 e. The van der Waals surface area contributed by atoms with E-state index in [1.165, 1.54) is 0 Å². The van der Waals surface area contributed by atoms with Gasteiger partial charge in [-0.15, -0.1) is 0 Å². The Kier molecular flexibility index (Phi) is 3.62. The van der Waals surface area contributed by atoms with Gasteiger partial charge in [-0.25, -0.2) is 4.98 Å². The van der Waals surface area contributed by atoms with Crippen molar-refractivity contribution in [2.45, 2.75) is 45.1 Å². The first-order valence-electron chi connectivity index (χ1n) is 6.25. The van der Waals surface area contributed by atoms with E-state index in [1.54, 1.807) is 6.20 Å². The molecule has 2 heterocycles. The van der Waals surface area contributed by atoms with Gasteiger partial charge in [-0.05, 0) is 25.9 Å². The number of piperidine rings is 1. The lowest BCUT2D eigenvalue weighted by Gasteiger charge is -2.24. The van der Waals surface area contributed by atoms with Crippen LogP contribution in [0.4, 0.5) is 0 Å². The van der Waals surface area contributed by atoms with E-state index in [0.29, 0.717) is 5.88 Å². The van der Waals surface area contributed by atoms with Gasteiger partial charge in [-0.3, -0.25) is 4.98 Å². The van der Waals surface area contributed by atoms with E-state index in [-0.39, 0.29) is 11.5 Å². The molecular formula is C13H21N3O. The summed E-state index contributed by atoms with van der Waals surface area (Å²) in [4.78, 5) is 8.75. The predicted octanol–water partition coefficient (Wildman–Crippen LogP) is 1.90. The lowest BCUT2D eigenvalue weighted by atomic mass is 9.93. The van der Waals surface area contributed by atoms with Crippen LogP contribution < -0.4 is 10.1 Å². The Bertz CT molecular complexity index is 367. The van der Waals surface area contributed by atoms with Gasteiger partial charge in [0.2, 0.25) is 5.88 Å². The SMILES string of the molecule is CC(C)(C)c1cncc(OC2CCNCC2)n1. The van der Waals surface area contributed by atoms with Crippen LogP contribution in [0.15, 0.2) is 12.4 Å². The Balaban J connectivity index is 2.05. The molecule has 94 valence electrons. The second kappa shape index (κ2) is 5.00. The Labute approximate surface area is 103 Å². The molecule has 1 aromatic heterocycles. The summed E-state index contributed by atoms with van der Waals surface area (Å²) < 4.78 is 5.88. The zero-order valence-corrected chi connectivity index (χ0v) is 10.9. The van der Waals surface area contributed by atoms with Gasteiger partial charge in [0.05, 0.1) is 11.9 Å². The first-order chi connectivity index (χ1) is 8.05. The summed E-state index contributed by atoms with van der Waals surface area (Å²) in [6.45, 7) is 8.44. The molecule has 0 radical (unpaired) electrons. The van der Waals surface area contributed by atoms with Crippen molar-refractivity contribution in [1.82, 2.24) is 15.3 Å². The quantitative estimate of drug-likeness (QED) is 0.850. The summed E-state index contributed by atoms with van der Waals surface area (Å²) in [5.41, 5.74) is 0.990. The molecule has 0 saturated carbocycles. The van der Waals surface area contributed by atoms with Crippen LogP contribution in [0.25, 0.3) is 0 Å². The zero-order chi connectivity index (χ0) is 12.3. The zero-order valence-electron chi connectivity index (χ0n) is 10.9. The van der Waals surface area contributed by atoms with E-state index < -0.39 is 0 Å². The third-order valence-electron chi connectivity index (χ3n) is 2.95. The average molecular weight is 235 g/mol. The van der Waals surface area contributed by atoms with Gasteiger partial charge < -0.3 is 10.1 Å². The summed E-state index contributed by atoms with van der Waals surface area (Å²) in [5, 5.41) is 3.32. The molecule has 1 saturated heterocycles. The normalized spacial score (nSPS) is 18.1. The summed E-state index contributed by atoms with van der Waals surface area (Å²) in [6.07, 6.45) is 5.89. The Morgan fingerprint density at radius 3 is 2.59 bits per heavy atom. The van der Waals surface area contributed by atoms with Crippen LogP contribution >= 0.6 is 0 Å². The first kappa shape index (κ1) is 12.3. The van der Waals surface area contributed by atoms with Crippen molar-refractivity contribution in [2.24, 2.45) is 0 Å². The Morgan fingerprint density at radius 1 is 1.24 bits per heavy atom. The topological polar surface area (TPSA) is 47.0 Å². The average Bonchev–Trinajstić information content (AvgIpc) is 2.29. The van der Waals surface area contributed by atoms with Crippen LogP contribution in [0, 0.1) is 0 Å². The Hall–Kier alpha value is -1.16. The lowest BCUT2D eigenvalue weighted by molar-refractivity contribution is 0.154. The minimum Gasteiger partial charge on any atom is -0.473 e. The van der Waals surface area contributed by atoms with Crippen LogP contribution in [0.1, 0.15) is 39.3 Å². The fourth-order valence-electron chi connectivity index (χ4n) is 1.85. The van der Waals surface area contributed by atoms with Crippen molar-refractivity contribution in [3.05, 3.63) is 18.1 Å². The third-order valence-corrected chi connectivity index (χ3v) is 2.95. The van der Waals surface area contributed by atoms with Gasteiger partial charge in [-0.2, -0.15) is 0 Å². The van der Waals surface area contributed by atoms with Crippen LogP contribution in [0.5, 0.6) is 5.88 Å². The molecule has 4 heteroatoms. The third kappa shape index (κ3) is 3.40. The van der Waals surface area contributed by atoms with Gasteiger partial charge in [0, 0.05) is 11.6 Å². The van der Waals surface area contributed by atoms with Crippen molar-refractivity contribution in [3.63, 3.8) is 0 Å². The van der Waals surface area contributed by atoms with Gasteiger partial charge >= 0.3 is 0 Å². The molecule has 0 aromatic carbocycles. The van der Waals surface area contributed by atoms with Gasteiger partial charge in [0.25, 0.3) is 0 Å². The van der Waals surface area contributed by atoms with Crippen LogP contribution in [0.2, 0.25) is 0 Å². The van der Waals surface area contributed by atoms with Crippen LogP contribution in [-0.4, -0.2) is 29.2 Å². The first-order valence-corrected chi connectivity index (χ1v) is 6.25. The fraction of sp³-hybridized carbons (Fsp3) is 0.692. The maximum absolute atomic E-state index is 5.88. The maximum Gasteiger partial charge on any atom is 0.232 e. The summed E-state index contributed by atoms with van der Waals surface area (Å²) in [5.74, 6) is 0.657. The number of ether oxygens (including phenoxy) is 1. The summed E-state index contributed by atoms with van der Waals surface area (Å²) in [6, 6.07) is 0. The van der Waals surface area contributed by atoms with E-state index in [1.807, 2.05) is 6.20 Å². The van der Waals surface area contributed by atoms with Crippen molar-refractivity contribution in [1.29, 1.82) is 0 Å². The highest BCUT2D eigenvalue weighted by molar-refractivity contribution is 5.15. The minimum atomic E-state index is 0.0144. The molecule has 0 unspecified atom stereocenters. The van der Waals surface area contributed by atoms with Crippen molar-refractivity contribution < 1.29 is 4.74 Å². The number of hydrogen-bond acceptors (Lipinski definition) is 4. The fourth-order valence-corrected chi connectivity index (χ4v) is 1.85. The molecule has 0 atom stereocenters. The molecule has 1 aliphatic rings. The maximum atomic E-state index is 5.88. The van der Waals surface area contributed by atoms with Crippen molar-refractivity contribution in [3.8, 4) is 5.88 Å². The van der Waals surface area contributed by atoms with Gasteiger partial charge in [-0.1, -0.05) is 20.8 Å².